The highest BCUT2D eigenvalue weighted by molar-refractivity contribution is 7.91. The van der Waals surface area contributed by atoms with E-state index in [-0.39, 0.29) is 0 Å². The Balaban J connectivity index is 3.29. The molecule has 0 N–H and O–H groups in total. The average molecular weight is 494 g/mol. The lowest BCUT2D eigenvalue weighted by Gasteiger charge is -2.39. The maximum atomic E-state index is 13.5. The van der Waals surface area contributed by atoms with Crippen LogP contribution >= 0.6 is 11.3 Å². The Morgan fingerprint density at radius 2 is 1.17 bits per heavy atom. The van der Waals surface area contributed by atoms with E-state index in [9.17, 15) is 65.5 Å². The fourth-order valence-electron chi connectivity index (χ4n) is 1.77. The van der Waals surface area contributed by atoms with Gasteiger partial charge in [-0.25, -0.2) is 8.42 Å². The first-order chi connectivity index (χ1) is 12.6. The van der Waals surface area contributed by atoms with Gasteiger partial charge in [0.25, 0.3) is 0 Å². The molecule has 1 heterocycles. The Labute approximate surface area is 157 Å². The summed E-state index contributed by atoms with van der Waals surface area (Å²) in [6.07, 6.45) is -10.3. The molecule has 0 atom stereocenters. The quantitative estimate of drug-likeness (QED) is 0.438. The number of halogens is 13. The van der Waals surface area contributed by atoms with Crippen LogP contribution in [0.4, 0.5) is 57.1 Å². The molecular formula is C12H7F13O2S2. The molecule has 0 saturated carbocycles. The molecule has 0 spiro atoms. The van der Waals surface area contributed by atoms with Crippen molar-refractivity contribution >= 4 is 21.2 Å². The second-order valence-electron chi connectivity index (χ2n) is 5.53. The minimum absolute atomic E-state index is 0.694. The van der Waals surface area contributed by atoms with Gasteiger partial charge in [0.15, 0.2) is 9.84 Å². The lowest BCUT2D eigenvalue weighted by Crippen LogP contribution is -2.70. The summed E-state index contributed by atoms with van der Waals surface area (Å²) in [6.45, 7) is 0. The Hall–Kier alpha value is -1.26. The Bertz CT molecular complexity index is 809. The summed E-state index contributed by atoms with van der Waals surface area (Å²) in [5.74, 6) is -39.7. The summed E-state index contributed by atoms with van der Waals surface area (Å²) >= 11 is 0.694. The molecule has 0 bridgehead atoms. The van der Waals surface area contributed by atoms with E-state index in [0.717, 1.165) is 16.8 Å². The van der Waals surface area contributed by atoms with Crippen LogP contribution in [0.3, 0.4) is 0 Å². The maximum absolute atomic E-state index is 13.5. The van der Waals surface area contributed by atoms with Gasteiger partial charge in [0.1, 0.15) is 0 Å². The van der Waals surface area contributed by atoms with Crippen molar-refractivity contribution in [2.45, 2.75) is 47.1 Å². The molecule has 2 nitrogen and oxygen atoms in total. The van der Waals surface area contributed by atoms with E-state index in [1.807, 2.05) is 0 Å². The largest absolute Gasteiger partial charge is 0.460 e. The van der Waals surface area contributed by atoms with Crippen molar-refractivity contribution in [3.05, 3.63) is 16.8 Å². The fraction of sp³-hybridized carbons (Fsp3) is 0.667. The van der Waals surface area contributed by atoms with E-state index < -0.39 is 62.7 Å². The third kappa shape index (κ3) is 4.03. The predicted octanol–water partition coefficient (Wildman–Crippen LogP) is 5.65. The van der Waals surface area contributed by atoms with Gasteiger partial charge in [0.2, 0.25) is 0 Å². The second kappa shape index (κ2) is 7.16. The molecule has 1 aromatic heterocycles. The standard InChI is InChI=1S/C12H7F13O2S2/c13-7(14,2-4-29(26,27)6-1-3-28-5-6)8(15,16)9(17,18)10(19,20)11(21,22)12(23,24)25/h1,3,5H,2,4H2. The van der Waals surface area contributed by atoms with Gasteiger partial charge < -0.3 is 0 Å². The van der Waals surface area contributed by atoms with Gasteiger partial charge in [-0.2, -0.15) is 68.4 Å². The summed E-state index contributed by atoms with van der Waals surface area (Å²) in [5.41, 5.74) is 0. The Kier molecular flexibility index (Phi) is 6.36. The first kappa shape index (κ1) is 25.8. The zero-order valence-corrected chi connectivity index (χ0v) is 14.8. The van der Waals surface area contributed by atoms with Crippen LogP contribution in [-0.2, 0) is 9.84 Å². The minimum atomic E-state index is -8.00. The van der Waals surface area contributed by atoms with E-state index in [1.165, 1.54) is 0 Å². The van der Waals surface area contributed by atoms with Crippen molar-refractivity contribution in [1.82, 2.24) is 0 Å². The first-order valence-corrected chi connectivity index (χ1v) is 9.36. The number of hydrogen-bond acceptors (Lipinski definition) is 3. The van der Waals surface area contributed by atoms with Gasteiger partial charge in [-0.05, 0) is 11.4 Å². The number of sulfone groups is 1. The molecule has 0 fully saturated rings. The van der Waals surface area contributed by atoms with Crippen LogP contribution in [0.15, 0.2) is 21.7 Å². The van der Waals surface area contributed by atoms with Crippen molar-refractivity contribution in [3.8, 4) is 0 Å². The van der Waals surface area contributed by atoms with Crippen molar-refractivity contribution in [2.24, 2.45) is 0 Å². The van der Waals surface area contributed by atoms with E-state index >= 15 is 0 Å². The Morgan fingerprint density at radius 3 is 1.55 bits per heavy atom. The number of rotatable bonds is 8. The van der Waals surface area contributed by atoms with Crippen LogP contribution in [0.1, 0.15) is 6.42 Å². The molecule has 0 amide bonds. The highest BCUT2D eigenvalue weighted by Gasteiger charge is 2.90. The zero-order chi connectivity index (χ0) is 23.3. The summed E-state index contributed by atoms with van der Waals surface area (Å²) in [5, 5.41) is 1.91. The molecule has 17 heteroatoms. The minimum Gasteiger partial charge on any atom is -0.224 e. The van der Waals surface area contributed by atoms with Gasteiger partial charge in [-0.1, -0.05) is 0 Å². The van der Waals surface area contributed by atoms with Gasteiger partial charge in [-0.3, -0.25) is 0 Å². The smallest absolute Gasteiger partial charge is 0.224 e. The topological polar surface area (TPSA) is 34.1 Å². The molecule has 0 aliphatic rings. The Morgan fingerprint density at radius 1 is 0.724 bits per heavy atom. The van der Waals surface area contributed by atoms with E-state index in [2.05, 4.69) is 0 Å². The molecule has 0 aliphatic heterocycles. The van der Waals surface area contributed by atoms with Crippen molar-refractivity contribution in [1.29, 1.82) is 0 Å². The fourth-order valence-corrected chi connectivity index (χ4v) is 4.16. The van der Waals surface area contributed by atoms with E-state index in [4.69, 9.17) is 0 Å². The van der Waals surface area contributed by atoms with Crippen molar-refractivity contribution < 1.29 is 65.5 Å². The highest BCUT2D eigenvalue weighted by Crippen LogP contribution is 2.60. The lowest BCUT2D eigenvalue weighted by atomic mass is 9.93. The molecule has 170 valence electrons. The average Bonchev–Trinajstić information content (AvgIpc) is 3.06. The molecule has 0 aromatic carbocycles. The van der Waals surface area contributed by atoms with Gasteiger partial charge in [0, 0.05) is 11.8 Å². The molecule has 29 heavy (non-hydrogen) atoms. The predicted molar refractivity (Wildman–Crippen MR) is 71.8 cm³/mol. The second-order valence-corrected chi connectivity index (χ2v) is 8.42. The molecule has 0 radical (unpaired) electrons. The van der Waals surface area contributed by atoms with Crippen molar-refractivity contribution in [2.75, 3.05) is 5.75 Å². The third-order valence-corrected chi connectivity index (χ3v) is 6.08. The molecular weight excluding hydrogens is 487 g/mol. The van der Waals surface area contributed by atoms with Crippen molar-refractivity contribution in [3.63, 3.8) is 0 Å². The van der Waals surface area contributed by atoms with Crippen LogP contribution in [0.2, 0.25) is 0 Å². The SMILES string of the molecule is O=S(=O)(CCC(F)(F)C(F)(F)C(F)(F)C(F)(F)C(F)(F)C(F)(F)F)c1ccsc1. The van der Waals surface area contributed by atoms with Gasteiger partial charge in [-0.15, -0.1) is 0 Å². The summed E-state index contributed by atoms with van der Waals surface area (Å²) in [7, 11) is -4.81. The molecule has 1 rings (SSSR count). The summed E-state index contributed by atoms with van der Waals surface area (Å²) < 4.78 is 191. The highest BCUT2D eigenvalue weighted by atomic mass is 32.2. The van der Waals surface area contributed by atoms with Gasteiger partial charge >= 0.3 is 35.8 Å². The number of alkyl halides is 13. The van der Waals surface area contributed by atoms with E-state index in [1.54, 1.807) is 0 Å². The van der Waals surface area contributed by atoms with Crippen LogP contribution in [0, 0.1) is 0 Å². The lowest BCUT2D eigenvalue weighted by molar-refractivity contribution is -0.439. The maximum Gasteiger partial charge on any atom is 0.460 e. The molecule has 0 saturated heterocycles. The molecule has 0 aliphatic carbocycles. The number of thiophene rings is 1. The summed E-state index contributed by atoms with van der Waals surface area (Å²) in [6, 6.07) is 0.795. The van der Waals surface area contributed by atoms with E-state index in [0.29, 0.717) is 11.3 Å². The zero-order valence-electron chi connectivity index (χ0n) is 13.2. The van der Waals surface area contributed by atoms with Crippen LogP contribution < -0.4 is 0 Å². The first-order valence-electron chi connectivity index (χ1n) is 6.77. The van der Waals surface area contributed by atoms with Crippen LogP contribution in [0.25, 0.3) is 0 Å². The summed E-state index contributed by atoms with van der Waals surface area (Å²) in [4.78, 5) is -0.720. The van der Waals surface area contributed by atoms with Crippen LogP contribution in [-0.4, -0.2) is 50.0 Å². The monoisotopic (exact) mass is 494 g/mol. The number of hydrogen-bond donors (Lipinski definition) is 0. The molecule has 1 aromatic rings. The van der Waals surface area contributed by atoms with Gasteiger partial charge in [0.05, 0.1) is 10.6 Å². The van der Waals surface area contributed by atoms with Crippen LogP contribution in [0.5, 0.6) is 0 Å². The third-order valence-electron chi connectivity index (χ3n) is 3.54. The molecule has 0 unspecified atom stereocenters. The normalized spacial score (nSPS) is 15.6.